The number of aryl methyl sites for hydroxylation is 2. The van der Waals surface area contributed by atoms with Gasteiger partial charge in [0.05, 0.1) is 13.2 Å². The minimum absolute atomic E-state index is 0.0270. The Morgan fingerprint density at radius 2 is 1.85 bits per heavy atom. The molecule has 0 fully saturated rings. The number of hydrogen-bond donors (Lipinski definition) is 2. The second kappa shape index (κ2) is 8.38. The molecule has 0 radical (unpaired) electrons. The van der Waals surface area contributed by atoms with E-state index in [-0.39, 0.29) is 17.4 Å². The normalized spacial score (nSPS) is 11.5. The average Bonchev–Trinajstić information content (AvgIpc) is 2.61. The lowest BCUT2D eigenvalue weighted by Gasteiger charge is -2.16. The van der Waals surface area contributed by atoms with Gasteiger partial charge in [0.1, 0.15) is 17.1 Å². The quantitative estimate of drug-likeness (QED) is 0.776. The highest BCUT2D eigenvalue weighted by atomic mass is 16.5. The Bertz CT molecular complexity index is 816. The predicted molar refractivity (Wildman–Crippen MR) is 97.4 cm³/mol. The van der Waals surface area contributed by atoms with Gasteiger partial charge < -0.3 is 19.9 Å². The first-order valence-corrected chi connectivity index (χ1v) is 8.22. The summed E-state index contributed by atoms with van der Waals surface area (Å²) in [5.41, 5.74) is 3.27. The van der Waals surface area contributed by atoms with E-state index in [9.17, 15) is 14.7 Å². The molecule has 0 aliphatic heterocycles. The summed E-state index contributed by atoms with van der Waals surface area (Å²) in [6.45, 7) is 5.46. The standard InChI is InChI=1S/C20H23NO5/c1-12-5-6-15(9-13(12)2)14(3)21-19(23)11-26-20(24)17-8-7-16(25-4)10-18(17)22/h5-10,14,22H,11H2,1-4H3,(H,21,23)/t14-/m1/s1. The van der Waals surface area contributed by atoms with Crippen molar-refractivity contribution >= 4 is 11.9 Å². The Balaban J connectivity index is 1.91. The Labute approximate surface area is 152 Å². The number of rotatable bonds is 6. The van der Waals surface area contributed by atoms with Gasteiger partial charge >= 0.3 is 5.97 Å². The Morgan fingerprint density at radius 1 is 1.12 bits per heavy atom. The first kappa shape index (κ1) is 19.3. The molecule has 1 atom stereocenters. The fraction of sp³-hybridized carbons (Fsp3) is 0.300. The van der Waals surface area contributed by atoms with Crippen molar-refractivity contribution < 1.29 is 24.2 Å². The summed E-state index contributed by atoms with van der Waals surface area (Å²) in [6, 6.07) is 9.97. The van der Waals surface area contributed by atoms with Crippen LogP contribution in [0.1, 0.15) is 40.0 Å². The molecule has 0 saturated carbocycles. The Hall–Kier alpha value is -3.02. The highest BCUT2D eigenvalue weighted by molar-refractivity contribution is 5.94. The van der Waals surface area contributed by atoms with Crippen LogP contribution in [0.3, 0.4) is 0 Å². The van der Waals surface area contributed by atoms with E-state index in [2.05, 4.69) is 5.32 Å². The molecule has 6 nitrogen and oxygen atoms in total. The minimum Gasteiger partial charge on any atom is -0.507 e. The van der Waals surface area contributed by atoms with E-state index in [1.165, 1.54) is 30.9 Å². The third-order valence-electron chi connectivity index (χ3n) is 4.17. The Kier molecular flexibility index (Phi) is 6.22. The van der Waals surface area contributed by atoms with Gasteiger partial charge in [-0.05, 0) is 49.6 Å². The zero-order valence-electron chi connectivity index (χ0n) is 15.3. The first-order valence-electron chi connectivity index (χ1n) is 8.22. The molecular formula is C20H23NO5. The van der Waals surface area contributed by atoms with E-state index < -0.39 is 18.5 Å². The van der Waals surface area contributed by atoms with E-state index in [1.807, 2.05) is 39.0 Å². The second-order valence-corrected chi connectivity index (χ2v) is 6.09. The van der Waals surface area contributed by atoms with Crippen molar-refractivity contribution in [2.24, 2.45) is 0 Å². The van der Waals surface area contributed by atoms with Crippen LogP contribution in [0.25, 0.3) is 0 Å². The van der Waals surface area contributed by atoms with Gasteiger partial charge in [-0.3, -0.25) is 4.79 Å². The summed E-state index contributed by atoms with van der Waals surface area (Å²) in [7, 11) is 1.45. The van der Waals surface area contributed by atoms with Crippen LogP contribution in [0.5, 0.6) is 11.5 Å². The highest BCUT2D eigenvalue weighted by Gasteiger charge is 2.16. The molecule has 2 N–H and O–H groups in total. The maximum Gasteiger partial charge on any atom is 0.342 e. The summed E-state index contributed by atoms with van der Waals surface area (Å²) in [5, 5.41) is 12.6. The molecule has 0 spiro atoms. The van der Waals surface area contributed by atoms with Crippen LogP contribution in [-0.2, 0) is 9.53 Å². The van der Waals surface area contributed by atoms with Gasteiger partial charge in [-0.1, -0.05) is 18.2 Å². The lowest BCUT2D eigenvalue weighted by molar-refractivity contribution is -0.124. The third kappa shape index (κ3) is 4.75. The van der Waals surface area contributed by atoms with E-state index in [1.54, 1.807) is 0 Å². The molecule has 0 aliphatic rings. The van der Waals surface area contributed by atoms with Crippen LogP contribution in [0, 0.1) is 13.8 Å². The molecule has 1 amide bonds. The number of carbonyl (C=O) groups excluding carboxylic acids is 2. The molecule has 2 aromatic rings. The number of phenols is 1. The molecule has 0 unspecified atom stereocenters. The van der Waals surface area contributed by atoms with Crippen molar-refractivity contribution in [1.82, 2.24) is 5.32 Å². The van der Waals surface area contributed by atoms with Crippen molar-refractivity contribution in [3.63, 3.8) is 0 Å². The molecule has 2 aromatic carbocycles. The topological polar surface area (TPSA) is 84.9 Å². The number of aromatic hydroxyl groups is 1. The van der Waals surface area contributed by atoms with E-state index in [4.69, 9.17) is 9.47 Å². The predicted octanol–water partition coefficient (Wildman–Crippen LogP) is 3.05. The first-order chi connectivity index (χ1) is 12.3. The monoisotopic (exact) mass is 357 g/mol. The van der Waals surface area contributed by atoms with E-state index >= 15 is 0 Å². The lowest BCUT2D eigenvalue weighted by atomic mass is 10.0. The minimum atomic E-state index is -0.779. The van der Waals surface area contributed by atoms with Crippen molar-refractivity contribution in [3.05, 3.63) is 58.7 Å². The van der Waals surface area contributed by atoms with Gasteiger partial charge in [-0.15, -0.1) is 0 Å². The molecule has 26 heavy (non-hydrogen) atoms. The van der Waals surface area contributed by atoms with Crippen LogP contribution < -0.4 is 10.1 Å². The van der Waals surface area contributed by atoms with Gasteiger partial charge in [0, 0.05) is 6.07 Å². The molecule has 0 aromatic heterocycles. The Morgan fingerprint density at radius 3 is 2.46 bits per heavy atom. The number of carbonyl (C=O) groups is 2. The number of hydrogen-bond acceptors (Lipinski definition) is 5. The fourth-order valence-electron chi connectivity index (χ4n) is 2.42. The summed E-state index contributed by atoms with van der Waals surface area (Å²) >= 11 is 0. The van der Waals surface area contributed by atoms with Crippen molar-refractivity contribution in [3.8, 4) is 11.5 Å². The van der Waals surface area contributed by atoms with Gasteiger partial charge in [0.25, 0.3) is 5.91 Å². The number of methoxy groups -OCH3 is 1. The number of ether oxygens (including phenoxy) is 2. The molecule has 0 saturated heterocycles. The van der Waals surface area contributed by atoms with Crippen LogP contribution in [0.15, 0.2) is 36.4 Å². The maximum atomic E-state index is 12.0. The van der Waals surface area contributed by atoms with Crippen molar-refractivity contribution in [1.29, 1.82) is 0 Å². The van der Waals surface area contributed by atoms with Crippen LogP contribution in [0.4, 0.5) is 0 Å². The maximum absolute atomic E-state index is 12.0. The van der Waals surface area contributed by atoms with E-state index in [0.717, 1.165) is 11.1 Å². The van der Waals surface area contributed by atoms with Gasteiger partial charge in [-0.2, -0.15) is 0 Å². The fourth-order valence-corrected chi connectivity index (χ4v) is 2.42. The van der Waals surface area contributed by atoms with E-state index in [0.29, 0.717) is 5.75 Å². The molecule has 0 bridgehead atoms. The number of amides is 1. The number of nitrogens with one attached hydrogen (secondary N) is 1. The van der Waals surface area contributed by atoms with Crippen molar-refractivity contribution in [2.45, 2.75) is 26.8 Å². The number of esters is 1. The molecule has 6 heteroatoms. The third-order valence-corrected chi connectivity index (χ3v) is 4.17. The molecular weight excluding hydrogens is 334 g/mol. The zero-order chi connectivity index (χ0) is 19.3. The van der Waals surface area contributed by atoms with Crippen LogP contribution in [-0.4, -0.2) is 30.7 Å². The summed E-state index contributed by atoms with van der Waals surface area (Å²) < 4.78 is 9.93. The number of phenolic OH excluding ortho intramolecular Hbond substituents is 1. The average molecular weight is 357 g/mol. The SMILES string of the molecule is COc1ccc(C(=O)OCC(=O)N[C@H](C)c2ccc(C)c(C)c2)c(O)c1. The zero-order valence-corrected chi connectivity index (χ0v) is 15.3. The lowest BCUT2D eigenvalue weighted by Crippen LogP contribution is -2.31. The number of benzene rings is 2. The second-order valence-electron chi connectivity index (χ2n) is 6.09. The largest absolute Gasteiger partial charge is 0.507 e. The summed E-state index contributed by atoms with van der Waals surface area (Å²) in [6.07, 6.45) is 0. The summed E-state index contributed by atoms with van der Waals surface area (Å²) in [5.74, 6) is -1.05. The summed E-state index contributed by atoms with van der Waals surface area (Å²) in [4.78, 5) is 24.0. The molecule has 0 heterocycles. The van der Waals surface area contributed by atoms with Gasteiger partial charge in [0.15, 0.2) is 6.61 Å². The van der Waals surface area contributed by atoms with Gasteiger partial charge in [0.2, 0.25) is 0 Å². The van der Waals surface area contributed by atoms with Crippen molar-refractivity contribution in [2.75, 3.05) is 13.7 Å². The highest BCUT2D eigenvalue weighted by Crippen LogP contribution is 2.24. The molecule has 138 valence electrons. The molecule has 2 rings (SSSR count). The van der Waals surface area contributed by atoms with Gasteiger partial charge in [-0.25, -0.2) is 4.79 Å². The smallest absolute Gasteiger partial charge is 0.342 e. The molecule has 0 aliphatic carbocycles. The van der Waals surface area contributed by atoms with Crippen LogP contribution >= 0.6 is 0 Å². The van der Waals surface area contributed by atoms with Crippen LogP contribution in [0.2, 0.25) is 0 Å².